The SMILES string of the molecule is Cc1cc(NC(=O)C(C)Oc2ccc3c(C(F)(F)F)cc(=O)oc3c2)no1. The maximum Gasteiger partial charge on any atom is 0.417 e. The van der Waals surface area contributed by atoms with E-state index in [1.54, 1.807) is 6.92 Å². The normalized spacial score (nSPS) is 12.8. The number of aryl methyl sites for hydroxylation is 1. The van der Waals surface area contributed by atoms with Crippen LogP contribution >= 0.6 is 0 Å². The summed E-state index contributed by atoms with van der Waals surface area (Å²) in [5.74, 6) is 0.217. The summed E-state index contributed by atoms with van der Waals surface area (Å²) in [5, 5.41) is 5.79. The molecule has 7 nitrogen and oxygen atoms in total. The Labute approximate surface area is 149 Å². The second kappa shape index (κ2) is 6.78. The van der Waals surface area contributed by atoms with Gasteiger partial charge in [0.25, 0.3) is 5.91 Å². The number of nitrogens with one attached hydrogen (secondary N) is 1. The molecule has 2 aromatic heterocycles. The van der Waals surface area contributed by atoms with E-state index >= 15 is 0 Å². The van der Waals surface area contributed by atoms with Gasteiger partial charge in [-0.05, 0) is 26.0 Å². The van der Waals surface area contributed by atoms with Crippen LogP contribution in [0.25, 0.3) is 11.0 Å². The Morgan fingerprint density at radius 3 is 2.63 bits per heavy atom. The first-order valence-corrected chi connectivity index (χ1v) is 7.69. The van der Waals surface area contributed by atoms with Crippen LogP contribution in [0.2, 0.25) is 0 Å². The molecule has 0 saturated heterocycles. The minimum Gasteiger partial charge on any atom is -0.481 e. The van der Waals surface area contributed by atoms with Crippen molar-refractivity contribution in [3.8, 4) is 5.75 Å². The zero-order chi connectivity index (χ0) is 19.8. The number of amides is 1. The lowest BCUT2D eigenvalue weighted by molar-refractivity contribution is -0.136. The van der Waals surface area contributed by atoms with E-state index in [1.165, 1.54) is 19.1 Å². The van der Waals surface area contributed by atoms with Crippen molar-refractivity contribution < 1.29 is 31.6 Å². The lowest BCUT2D eigenvalue weighted by atomic mass is 10.1. The predicted octanol–water partition coefficient (Wildman–Crippen LogP) is 3.51. The van der Waals surface area contributed by atoms with Crippen LogP contribution in [0.3, 0.4) is 0 Å². The standard InChI is InChI=1S/C17H13F3N2O5/c1-8-5-14(22-27-8)21-16(24)9(2)25-10-3-4-11-12(17(18,19)20)7-15(23)26-13(11)6-10/h3-7,9H,1-2H3,(H,21,22,24). The smallest absolute Gasteiger partial charge is 0.417 e. The molecule has 0 aliphatic heterocycles. The fraction of sp³-hybridized carbons (Fsp3) is 0.235. The van der Waals surface area contributed by atoms with Crippen LogP contribution in [0, 0.1) is 6.92 Å². The zero-order valence-electron chi connectivity index (χ0n) is 14.1. The molecule has 0 spiro atoms. The summed E-state index contributed by atoms with van der Waals surface area (Å²) in [6, 6.07) is 5.38. The van der Waals surface area contributed by atoms with Gasteiger partial charge < -0.3 is 19.0 Å². The van der Waals surface area contributed by atoms with E-state index in [0.29, 0.717) is 11.8 Å². The van der Waals surface area contributed by atoms with Crippen molar-refractivity contribution in [1.82, 2.24) is 5.16 Å². The number of hydrogen-bond donors (Lipinski definition) is 1. The fourth-order valence-corrected chi connectivity index (χ4v) is 2.36. The molecule has 1 atom stereocenters. The van der Waals surface area contributed by atoms with Crippen LogP contribution in [0.15, 0.2) is 44.1 Å². The van der Waals surface area contributed by atoms with Crippen LogP contribution < -0.4 is 15.7 Å². The van der Waals surface area contributed by atoms with Gasteiger partial charge in [0.1, 0.15) is 17.1 Å². The van der Waals surface area contributed by atoms with Gasteiger partial charge >= 0.3 is 11.8 Å². The third-order valence-electron chi connectivity index (χ3n) is 3.58. The molecule has 10 heteroatoms. The topological polar surface area (TPSA) is 94.6 Å². The van der Waals surface area contributed by atoms with E-state index < -0.39 is 29.4 Å². The molecule has 1 aromatic carbocycles. The van der Waals surface area contributed by atoms with Gasteiger partial charge in [-0.2, -0.15) is 13.2 Å². The number of anilines is 1. The Balaban J connectivity index is 1.83. The van der Waals surface area contributed by atoms with E-state index in [0.717, 1.165) is 12.1 Å². The van der Waals surface area contributed by atoms with Gasteiger partial charge in [0.15, 0.2) is 11.9 Å². The van der Waals surface area contributed by atoms with Gasteiger partial charge in [-0.3, -0.25) is 4.79 Å². The number of fused-ring (bicyclic) bond motifs is 1. The van der Waals surface area contributed by atoms with Crippen molar-refractivity contribution in [2.75, 3.05) is 5.32 Å². The first-order chi connectivity index (χ1) is 12.6. The van der Waals surface area contributed by atoms with Crippen molar-refractivity contribution in [1.29, 1.82) is 0 Å². The third-order valence-corrected chi connectivity index (χ3v) is 3.58. The van der Waals surface area contributed by atoms with Crippen LogP contribution in [-0.4, -0.2) is 17.2 Å². The number of nitrogens with zero attached hydrogens (tertiary/aromatic N) is 1. The molecule has 1 N–H and O–H groups in total. The average Bonchev–Trinajstić information content (AvgIpc) is 2.97. The van der Waals surface area contributed by atoms with Gasteiger partial charge in [0.05, 0.1) is 5.56 Å². The van der Waals surface area contributed by atoms with Gasteiger partial charge in [-0.15, -0.1) is 0 Å². The van der Waals surface area contributed by atoms with Crippen LogP contribution in [0.5, 0.6) is 5.75 Å². The molecule has 0 bridgehead atoms. The van der Waals surface area contributed by atoms with Crippen LogP contribution in [-0.2, 0) is 11.0 Å². The Kier molecular flexibility index (Phi) is 4.64. The van der Waals surface area contributed by atoms with Crippen molar-refractivity contribution >= 4 is 22.7 Å². The Hall–Kier alpha value is -3.30. The fourth-order valence-electron chi connectivity index (χ4n) is 2.36. The van der Waals surface area contributed by atoms with Crippen molar-refractivity contribution in [3.05, 3.63) is 52.1 Å². The van der Waals surface area contributed by atoms with Gasteiger partial charge in [-0.25, -0.2) is 4.79 Å². The van der Waals surface area contributed by atoms with Crippen molar-refractivity contribution in [3.63, 3.8) is 0 Å². The summed E-state index contributed by atoms with van der Waals surface area (Å²) in [4.78, 5) is 23.5. The minimum atomic E-state index is -4.71. The Morgan fingerprint density at radius 1 is 1.26 bits per heavy atom. The second-order valence-electron chi connectivity index (χ2n) is 5.71. The highest BCUT2D eigenvalue weighted by Gasteiger charge is 2.34. The molecule has 0 saturated carbocycles. The molecule has 0 fully saturated rings. The maximum absolute atomic E-state index is 13.0. The zero-order valence-corrected chi connectivity index (χ0v) is 14.1. The lowest BCUT2D eigenvalue weighted by Crippen LogP contribution is -2.30. The summed E-state index contributed by atoms with van der Waals surface area (Å²) in [7, 11) is 0. The van der Waals surface area contributed by atoms with E-state index in [2.05, 4.69) is 10.5 Å². The van der Waals surface area contributed by atoms with Crippen LogP contribution in [0.4, 0.5) is 19.0 Å². The van der Waals surface area contributed by atoms with Gasteiger partial charge in [0, 0.05) is 23.6 Å². The summed E-state index contributed by atoms with van der Waals surface area (Å²) >= 11 is 0. The Morgan fingerprint density at radius 2 is 2.00 bits per heavy atom. The number of aromatic nitrogens is 1. The molecule has 0 aliphatic rings. The highest BCUT2D eigenvalue weighted by Crippen LogP contribution is 2.34. The summed E-state index contributed by atoms with van der Waals surface area (Å²) in [6.45, 7) is 3.09. The van der Waals surface area contributed by atoms with Crippen molar-refractivity contribution in [2.45, 2.75) is 26.1 Å². The third kappa shape index (κ3) is 4.10. The largest absolute Gasteiger partial charge is 0.481 e. The highest BCUT2D eigenvalue weighted by atomic mass is 19.4. The summed E-state index contributed by atoms with van der Waals surface area (Å²) in [6.07, 6.45) is -5.71. The molecule has 0 radical (unpaired) electrons. The number of carbonyl (C=O) groups is 1. The molecular weight excluding hydrogens is 369 g/mol. The van der Waals surface area contributed by atoms with E-state index in [1.807, 2.05) is 0 Å². The lowest BCUT2D eigenvalue weighted by Gasteiger charge is -2.14. The molecule has 27 heavy (non-hydrogen) atoms. The number of alkyl halides is 3. The van der Waals surface area contributed by atoms with Gasteiger partial charge in [0.2, 0.25) is 0 Å². The number of hydrogen-bond acceptors (Lipinski definition) is 6. The number of carbonyl (C=O) groups excluding carboxylic acids is 1. The molecule has 142 valence electrons. The average molecular weight is 382 g/mol. The predicted molar refractivity (Wildman–Crippen MR) is 87.4 cm³/mol. The Bertz CT molecular complexity index is 1050. The van der Waals surface area contributed by atoms with E-state index in [4.69, 9.17) is 13.7 Å². The first kappa shape index (κ1) is 18.5. The monoisotopic (exact) mass is 382 g/mol. The molecule has 3 rings (SSSR count). The minimum absolute atomic E-state index is 0.0592. The van der Waals surface area contributed by atoms with Crippen molar-refractivity contribution in [2.24, 2.45) is 0 Å². The van der Waals surface area contributed by atoms with Crippen LogP contribution in [0.1, 0.15) is 18.2 Å². The maximum atomic E-state index is 13.0. The second-order valence-corrected chi connectivity index (χ2v) is 5.71. The summed E-state index contributed by atoms with van der Waals surface area (Å²) < 4.78 is 54.2. The molecule has 2 heterocycles. The molecular formula is C17H13F3N2O5. The number of halogens is 3. The molecule has 1 unspecified atom stereocenters. The number of ether oxygens (including phenoxy) is 1. The van der Waals surface area contributed by atoms with E-state index in [-0.39, 0.29) is 22.5 Å². The summed E-state index contributed by atoms with van der Waals surface area (Å²) in [5.41, 5.74) is -2.54. The highest BCUT2D eigenvalue weighted by molar-refractivity contribution is 5.93. The number of rotatable bonds is 4. The van der Waals surface area contributed by atoms with E-state index in [9.17, 15) is 22.8 Å². The molecule has 0 aliphatic carbocycles. The first-order valence-electron chi connectivity index (χ1n) is 7.69. The molecule has 3 aromatic rings. The van der Waals surface area contributed by atoms with Gasteiger partial charge in [-0.1, -0.05) is 5.16 Å². The quantitative estimate of drug-likeness (QED) is 0.694. The molecule has 1 amide bonds. The number of benzene rings is 1.